The Bertz CT molecular complexity index is 949. The topological polar surface area (TPSA) is 68.3 Å². The Balaban J connectivity index is 1.50. The minimum absolute atomic E-state index is 0.225. The van der Waals surface area contributed by atoms with Crippen molar-refractivity contribution >= 4 is 39.5 Å². The molecular weight excluding hydrogens is 367 g/mol. The summed E-state index contributed by atoms with van der Waals surface area (Å²) in [5.74, 6) is -1.40. The predicted molar refractivity (Wildman–Crippen MR) is 102 cm³/mol. The monoisotopic (exact) mass is 384 g/mol. The van der Waals surface area contributed by atoms with Crippen molar-refractivity contribution in [1.29, 1.82) is 0 Å². The van der Waals surface area contributed by atoms with Crippen LogP contribution in [0.3, 0.4) is 0 Å². The second kappa shape index (κ2) is 8.55. The van der Waals surface area contributed by atoms with E-state index in [0.29, 0.717) is 5.01 Å². The van der Waals surface area contributed by atoms with Gasteiger partial charge in [0.1, 0.15) is 10.8 Å². The molecule has 5 nitrogen and oxygen atoms in total. The van der Waals surface area contributed by atoms with Crippen molar-refractivity contribution in [3.05, 3.63) is 71.0 Å². The molecule has 2 aromatic carbocycles. The zero-order valence-electron chi connectivity index (χ0n) is 14.5. The van der Waals surface area contributed by atoms with Crippen LogP contribution < -0.4 is 5.32 Å². The van der Waals surface area contributed by atoms with Gasteiger partial charge in [0.25, 0.3) is 5.91 Å². The van der Waals surface area contributed by atoms with E-state index in [0.717, 1.165) is 15.8 Å². The van der Waals surface area contributed by atoms with Crippen molar-refractivity contribution in [2.75, 3.05) is 0 Å². The number of aromatic nitrogens is 1. The number of amides is 1. The zero-order chi connectivity index (χ0) is 19.2. The zero-order valence-corrected chi connectivity index (χ0v) is 15.3. The minimum Gasteiger partial charge on any atom is -0.449 e. The number of esters is 1. The van der Waals surface area contributed by atoms with Gasteiger partial charge in [-0.25, -0.2) is 14.2 Å². The quantitative estimate of drug-likeness (QED) is 0.520. The van der Waals surface area contributed by atoms with Crippen LogP contribution in [0.1, 0.15) is 17.5 Å². The van der Waals surface area contributed by atoms with E-state index in [4.69, 9.17) is 4.74 Å². The summed E-state index contributed by atoms with van der Waals surface area (Å²) in [4.78, 5) is 28.3. The summed E-state index contributed by atoms with van der Waals surface area (Å²) in [6, 6.07) is 13.5. The molecule has 138 valence electrons. The number of nitrogens with one attached hydrogen (secondary N) is 1. The molecule has 1 amide bonds. The molecule has 0 aliphatic rings. The number of halogens is 1. The Morgan fingerprint density at radius 3 is 2.70 bits per heavy atom. The Hall–Kier alpha value is -3.06. The first-order chi connectivity index (χ1) is 13.0. The van der Waals surface area contributed by atoms with E-state index in [1.807, 2.05) is 24.3 Å². The largest absolute Gasteiger partial charge is 0.449 e. The average Bonchev–Trinajstić information content (AvgIpc) is 3.08. The van der Waals surface area contributed by atoms with Crippen LogP contribution in [0, 0.1) is 5.82 Å². The molecule has 0 unspecified atom stereocenters. The standard InChI is InChI=1S/C20H17FN2O3S/c1-13(20(25)22-12-14-6-8-15(21)9-7-14)26-19(24)11-10-18-23-16-4-2-3-5-17(16)27-18/h2-11,13H,12H2,1H3,(H,22,25)/b11-10+/t13-/m1/s1. The Kier molecular flexibility index (Phi) is 5.93. The van der Waals surface area contributed by atoms with E-state index in [9.17, 15) is 14.0 Å². The maximum Gasteiger partial charge on any atom is 0.331 e. The number of thiazole rings is 1. The minimum atomic E-state index is -0.946. The van der Waals surface area contributed by atoms with Crippen LogP contribution in [0.2, 0.25) is 0 Å². The number of nitrogens with zero attached hydrogens (tertiary/aromatic N) is 1. The van der Waals surface area contributed by atoms with Crippen molar-refractivity contribution in [3.63, 3.8) is 0 Å². The van der Waals surface area contributed by atoms with Gasteiger partial charge >= 0.3 is 5.97 Å². The lowest BCUT2D eigenvalue weighted by Gasteiger charge is -2.12. The summed E-state index contributed by atoms with van der Waals surface area (Å²) in [5, 5.41) is 3.32. The van der Waals surface area contributed by atoms with Crippen LogP contribution >= 0.6 is 11.3 Å². The molecule has 0 radical (unpaired) electrons. The number of fused-ring (bicyclic) bond motifs is 1. The van der Waals surface area contributed by atoms with E-state index >= 15 is 0 Å². The molecule has 3 rings (SSSR count). The normalized spacial score (nSPS) is 12.2. The second-order valence-electron chi connectivity index (χ2n) is 5.78. The van der Waals surface area contributed by atoms with Gasteiger partial charge in [-0.1, -0.05) is 24.3 Å². The van der Waals surface area contributed by atoms with Crippen LogP contribution in [-0.2, 0) is 20.9 Å². The third kappa shape index (κ3) is 5.21. The Morgan fingerprint density at radius 1 is 1.22 bits per heavy atom. The predicted octanol–water partition coefficient (Wildman–Crippen LogP) is 3.70. The van der Waals surface area contributed by atoms with Crippen LogP contribution in [-0.4, -0.2) is 23.0 Å². The van der Waals surface area contributed by atoms with Crippen molar-refractivity contribution in [3.8, 4) is 0 Å². The number of carbonyl (C=O) groups is 2. The fourth-order valence-electron chi connectivity index (χ4n) is 2.30. The van der Waals surface area contributed by atoms with E-state index < -0.39 is 18.0 Å². The van der Waals surface area contributed by atoms with E-state index in [-0.39, 0.29) is 12.4 Å². The second-order valence-corrected chi connectivity index (χ2v) is 6.84. The van der Waals surface area contributed by atoms with E-state index in [2.05, 4.69) is 10.3 Å². The van der Waals surface area contributed by atoms with E-state index in [1.54, 1.807) is 18.2 Å². The molecule has 0 saturated carbocycles. The maximum absolute atomic E-state index is 12.9. The lowest BCUT2D eigenvalue weighted by molar-refractivity contribution is -0.150. The molecule has 0 spiro atoms. The number of para-hydroxylation sites is 1. The van der Waals surface area contributed by atoms with Crippen molar-refractivity contribution in [1.82, 2.24) is 10.3 Å². The van der Waals surface area contributed by atoms with Crippen LogP contribution in [0.5, 0.6) is 0 Å². The first-order valence-corrected chi connectivity index (χ1v) is 9.09. The maximum atomic E-state index is 12.9. The van der Waals surface area contributed by atoms with Gasteiger partial charge in [-0.2, -0.15) is 0 Å². The van der Waals surface area contributed by atoms with Gasteiger partial charge in [0.2, 0.25) is 0 Å². The van der Waals surface area contributed by atoms with Crippen LogP contribution in [0.15, 0.2) is 54.6 Å². The summed E-state index contributed by atoms with van der Waals surface area (Å²) in [6.07, 6.45) is 1.87. The summed E-state index contributed by atoms with van der Waals surface area (Å²) in [5.41, 5.74) is 1.61. The van der Waals surface area contributed by atoms with Crippen LogP contribution in [0.4, 0.5) is 4.39 Å². The third-order valence-electron chi connectivity index (χ3n) is 3.71. The molecule has 7 heteroatoms. The lowest BCUT2D eigenvalue weighted by Crippen LogP contribution is -2.35. The summed E-state index contributed by atoms with van der Waals surface area (Å²) < 4.78 is 19.0. The molecule has 27 heavy (non-hydrogen) atoms. The highest BCUT2D eigenvalue weighted by Crippen LogP contribution is 2.22. The molecular formula is C20H17FN2O3S. The van der Waals surface area contributed by atoms with Crippen LogP contribution in [0.25, 0.3) is 16.3 Å². The molecule has 1 atom stereocenters. The summed E-state index contributed by atoms with van der Waals surface area (Å²) >= 11 is 1.46. The number of hydrogen-bond acceptors (Lipinski definition) is 5. The number of rotatable bonds is 6. The molecule has 1 N–H and O–H groups in total. The highest BCUT2D eigenvalue weighted by Gasteiger charge is 2.16. The molecule has 0 aliphatic carbocycles. The third-order valence-corrected chi connectivity index (χ3v) is 4.72. The van der Waals surface area contributed by atoms with Gasteiger partial charge in [0.15, 0.2) is 6.10 Å². The number of benzene rings is 2. The SMILES string of the molecule is C[C@@H](OC(=O)/C=C/c1nc2ccccc2s1)C(=O)NCc1ccc(F)cc1. The summed E-state index contributed by atoms with van der Waals surface area (Å²) in [7, 11) is 0. The first kappa shape index (κ1) is 18.7. The van der Waals surface area contributed by atoms with Gasteiger partial charge in [-0.15, -0.1) is 11.3 Å². The highest BCUT2D eigenvalue weighted by atomic mass is 32.1. The molecule has 0 bridgehead atoms. The molecule has 0 fully saturated rings. The van der Waals surface area contributed by atoms with Crippen molar-refractivity contribution < 1.29 is 18.7 Å². The highest BCUT2D eigenvalue weighted by molar-refractivity contribution is 7.19. The molecule has 3 aromatic rings. The van der Waals surface area contributed by atoms with Crippen molar-refractivity contribution in [2.45, 2.75) is 19.6 Å². The number of ether oxygens (including phenoxy) is 1. The van der Waals surface area contributed by atoms with Crippen molar-refractivity contribution in [2.24, 2.45) is 0 Å². The first-order valence-electron chi connectivity index (χ1n) is 8.28. The van der Waals surface area contributed by atoms with Gasteiger partial charge in [0, 0.05) is 12.6 Å². The molecule has 1 aromatic heterocycles. The van der Waals surface area contributed by atoms with Gasteiger partial charge < -0.3 is 10.1 Å². The molecule has 1 heterocycles. The Labute approximate surface area is 159 Å². The smallest absolute Gasteiger partial charge is 0.331 e. The average molecular weight is 384 g/mol. The van der Waals surface area contributed by atoms with Gasteiger partial charge in [-0.3, -0.25) is 4.79 Å². The fourth-order valence-corrected chi connectivity index (χ4v) is 3.17. The van der Waals surface area contributed by atoms with E-state index in [1.165, 1.54) is 36.5 Å². The van der Waals surface area contributed by atoms with Gasteiger partial charge in [-0.05, 0) is 42.8 Å². The molecule has 0 aliphatic heterocycles. The Morgan fingerprint density at radius 2 is 1.96 bits per heavy atom. The fraction of sp³-hybridized carbons (Fsp3) is 0.150. The molecule has 0 saturated heterocycles. The number of carbonyl (C=O) groups excluding carboxylic acids is 2. The van der Waals surface area contributed by atoms with Gasteiger partial charge in [0.05, 0.1) is 10.2 Å². The number of hydrogen-bond donors (Lipinski definition) is 1. The summed E-state index contributed by atoms with van der Waals surface area (Å²) in [6.45, 7) is 1.71. The lowest BCUT2D eigenvalue weighted by atomic mass is 10.2.